The molecule has 0 aliphatic heterocycles. The first kappa shape index (κ1) is 17.5. The second kappa shape index (κ2) is 10.2. The van der Waals surface area contributed by atoms with Crippen molar-refractivity contribution in [2.75, 3.05) is 26.4 Å². The van der Waals surface area contributed by atoms with Crippen molar-refractivity contribution in [3.05, 3.63) is 29.8 Å². The molecule has 0 aromatic heterocycles. The number of rotatable bonds is 11. The predicted molar refractivity (Wildman–Crippen MR) is 81.7 cm³/mol. The molecule has 21 heavy (non-hydrogen) atoms. The maximum atomic E-state index is 11.4. The summed E-state index contributed by atoms with van der Waals surface area (Å²) in [6, 6.07) is 6.51. The van der Waals surface area contributed by atoms with E-state index >= 15 is 0 Å². The van der Waals surface area contributed by atoms with Gasteiger partial charge in [0.1, 0.15) is 11.8 Å². The summed E-state index contributed by atoms with van der Waals surface area (Å²) in [5.41, 5.74) is 0.701. The van der Waals surface area contributed by atoms with E-state index in [9.17, 15) is 9.90 Å². The first-order valence-corrected chi connectivity index (χ1v) is 7.45. The van der Waals surface area contributed by atoms with Crippen molar-refractivity contribution in [1.82, 2.24) is 5.32 Å². The zero-order chi connectivity index (χ0) is 15.5. The highest BCUT2D eigenvalue weighted by Gasteiger charge is 2.19. The summed E-state index contributed by atoms with van der Waals surface area (Å²) in [5, 5.41) is 12.4. The predicted octanol–water partition coefficient (Wildman–Crippen LogP) is 2.62. The third-order valence-corrected chi connectivity index (χ3v) is 2.93. The van der Waals surface area contributed by atoms with E-state index in [1.54, 1.807) is 12.1 Å². The number of carboxylic acids is 1. The minimum absolute atomic E-state index is 0.594. The second-order valence-electron chi connectivity index (χ2n) is 4.70. The van der Waals surface area contributed by atoms with Crippen LogP contribution in [0.3, 0.4) is 0 Å². The minimum atomic E-state index is -0.890. The molecule has 1 aromatic rings. The zero-order valence-electron chi connectivity index (χ0n) is 12.8. The topological polar surface area (TPSA) is 67.8 Å². The van der Waals surface area contributed by atoms with Crippen LogP contribution in [0.5, 0.6) is 5.75 Å². The number of nitrogens with one attached hydrogen (secondary N) is 1. The lowest BCUT2D eigenvalue weighted by atomic mass is 10.1. The summed E-state index contributed by atoms with van der Waals surface area (Å²) in [6.45, 7) is 6.51. The van der Waals surface area contributed by atoms with Gasteiger partial charge >= 0.3 is 5.97 Å². The van der Waals surface area contributed by atoms with Gasteiger partial charge in [0, 0.05) is 13.2 Å². The molecule has 0 heterocycles. The molecule has 0 bridgehead atoms. The van der Waals surface area contributed by atoms with E-state index in [1.165, 1.54) is 0 Å². The maximum absolute atomic E-state index is 11.4. The van der Waals surface area contributed by atoms with Crippen LogP contribution in [-0.2, 0) is 9.53 Å². The molecule has 5 heteroatoms. The van der Waals surface area contributed by atoms with E-state index in [-0.39, 0.29) is 0 Å². The third-order valence-electron chi connectivity index (χ3n) is 2.93. The SMILES string of the molecule is CCCOc1cccc(C(NCCCOCC)C(=O)O)c1. The van der Waals surface area contributed by atoms with Crippen LogP contribution in [0.1, 0.15) is 38.3 Å². The molecule has 5 nitrogen and oxygen atoms in total. The molecule has 1 rings (SSSR count). The van der Waals surface area contributed by atoms with Crippen LogP contribution in [-0.4, -0.2) is 37.4 Å². The van der Waals surface area contributed by atoms with Gasteiger partial charge in [-0.3, -0.25) is 4.79 Å². The average molecular weight is 295 g/mol. The van der Waals surface area contributed by atoms with Crippen LogP contribution in [0, 0.1) is 0 Å². The molecule has 0 saturated heterocycles. The van der Waals surface area contributed by atoms with Crippen LogP contribution < -0.4 is 10.1 Å². The Morgan fingerprint density at radius 1 is 1.33 bits per heavy atom. The number of benzene rings is 1. The smallest absolute Gasteiger partial charge is 0.325 e. The van der Waals surface area contributed by atoms with Gasteiger partial charge in [-0.1, -0.05) is 19.1 Å². The molecule has 118 valence electrons. The van der Waals surface area contributed by atoms with Gasteiger partial charge in [0.05, 0.1) is 6.61 Å². The molecule has 0 aliphatic carbocycles. The number of hydrogen-bond acceptors (Lipinski definition) is 4. The van der Waals surface area contributed by atoms with Gasteiger partial charge in [-0.05, 0) is 44.0 Å². The molecule has 0 radical (unpaired) electrons. The Bertz CT molecular complexity index is 422. The normalized spacial score (nSPS) is 12.1. The van der Waals surface area contributed by atoms with E-state index in [1.807, 2.05) is 26.0 Å². The third kappa shape index (κ3) is 6.60. The zero-order valence-corrected chi connectivity index (χ0v) is 12.8. The first-order valence-electron chi connectivity index (χ1n) is 7.45. The van der Waals surface area contributed by atoms with E-state index < -0.39 is 12.0 Å². The monoisotopic (exact) mass is 295 g/mol. The second-order valence-corrected chi connectivity index (χ2v) is 4.70. The molecular weight excluding hydrogens is 270 g/mol. The molecule has 0 spiro atoms. The molecular formula is C16H25NO4. The minimum Gasteiger partial charge on any atom is -0.494 e. The fourth-order valence-electron chi connectivity index (χ4n) is 1.92. The van der Waals surface area contributed by atoms with Gasteiger partial charge in [-0.2, -0.15) is 0 Å². The highest BCUT2D eigenvalue weighted by molar-refractivity contribution is 5.75. The Hall–Kier alpha value is -1.59. The van der Waals surface area contributed by atoms with Crippen molar-refractivity contribution in [3.63, 3.8) is 0 Å². The van der Waals surface area contributed by atoms with Crippen LogP contribution in [0.25, 0.3) is 0 Å². The van der Waals surface area contributed by atoms with Gasteiger partial charge in [0.25, 0.3) is 0 Å². The van der Waals surface area contributed by atoms with Crippen molar-refractivity contribution >= 4 is 5.97 Å². The Balaban J connectivity index is 2.60. The quantitative estimate of drug-likeness (QED) is 0.614. The van der Waals surface area contributed by atoms with Crippen molar-refractivity contribution in [1.29, 1.82) is 0 Å². The summed E-state index contributed by atoms with van der Waals surface area (Å²) < 4.78 is 10.8. The summed E-state index contributed by atoms with van der Waals surface area (Å²) >= 11 is 0. The Morgan fingerprint density at radius 3 is 2.81 bits per heavy atom. The van der Waals surface area contributed by atoms with Crippen LogP contribution in [0.2, 0.25) is 0 Å². The van der Waals surface area contributed by atoms with Crippen molar-refractivity contribution < 1.29 is 19.4 Å². The molecule has 1 atom stereocenters. The maximum Gasteiger partial charge on any atom is 0.325 e. The summed E-state index contributed by atoms with van der Waals surface area (Å²) in [5.74, 6) is -0.184. The number of ether oxygens (including phenoxy) is 2. The molecule has 0 saturated carbocycles. The lowest BCUT2D eigenvalue weighted by Crippen LogP contribution is -2.29. The van der Waals surface area contributed by atoms with E-state index in [0.29, 0.717) is 37.7 Å². The molecule has 1 unspecified atom stereocenters. The Morgan fingerprint density at radius 2 is 2.14 bits per heavy atom. The largest absolute Gasteiger partial charge is 0.494 e. The average Bonchev–Trinajstić information content (AvgIpc) is 2.48. The molecule has 0 aliphatic rings. The van der Waals surface area contributed by atoms with Gasteiger partial charge in [0.2, 0.25) is 0 Å². The lowest BCUT2D eigenvalue weighted by molar-refractivity contribution is -0.139. The number of hydrogen-bond donors (Lipinski definition) is 2. The number of aliphatic carboxylic acids is 1. The molecule has 2 N–H and O–H groups in total. The van der Waals surface area contributed by atoms with Crippen molar-refractivity contribution in [3.8, 4) is 5.75 Å². The number of carboxylic acid groups (broad SMARTS) is 1. The van der Waals surface area contributed by atoms with Gasteiger partial charge in [-0.25, -0.2) is 0 Å². The van der Waals surface area contributed by atoms with Crippen LogP contribution in [0.4, 0.5) is 0 Å². The fraction of sp³-hybridized carbons (Fsp3) is 0.562. The Kier molecular flexibility index (Phi) is 8.47. The fourth-order valence-corrected chi connectivity index (χ4v) is 1.92. The summed E-state index contributed by atoms with van der Waals surface area (Å²) in [4.78, 5) is 11.4. The van der Waals surface area contributed by atoms with Gasteiger partial charge < -0.3 is 19.9 Å². The van der Waals surface area contributed by atoms with E-state index in [4.69, 9.17) is 9.47 Å². The van der Waals surface area contributed by atoms with Crippen LogP contribution >= 0.6 is 0 Å². The highest BCUT2D eigenvalue weighted by Crippen LogP contribution is 2.20. The lowest BCUT2D eigenvalue weighted by Gasteiger charge is -2.16. The molecule has 1 aromatic carbocycles. The van der Waals surface area contributed by atoms with Gasteiger partial charge in [-0.15, -0.1) is 0 Å². The van der Waals surface area contributed by atoms with Crippen molar-refractivity contribution in [2.45, 2.75) is 32.7 Å². The highest BCUT2D eigenvalue weighted by atomic mass is 16.5. The van der Waals surface area contributed by atoms with Gasteiger partial charge in [0.15, 0.2) is 0 Å². The Labute approximate surface area is 126 Å². The molecule has 0 amide bonds. The summed E-state index contributed by atoms with van der Waals surface area (Å²) in [6.07, 6.45) is 1.70. The molecule has 0 fully saturated rings. The number of carbonyl (C=O) groups is 1. The van der Waals surface area contributed by atoms with Crippen LogP contribution in [0.15, 0.2) is 24.3 Å². The van der Waals surface area contributed by atoms with Crippen molar-refractivity contribution in [2.24, 2.45) is 0 Å². The van der Waals surface area contributed by atoms with E-state index in [0.717, 1.165) is 12.8 Å². The van der Waals surface area contributed by atoms with E-state index in [2.05, 4.69) is 5.32 Å². The summed E-state index contributed by atoms with van der Waals surface area (Å²) in [7, 11) is 0. The first-order chi connectivity index (χ1) is 10.2. The standard InChI is InChI=1S/C16H25NO4/c1-3-10-21-14-8-5-7-13(12-14)15(16(18)19)17-9-6-11-20-4-2/h5,7-8,12,15,17H,3-4,6,9-11H2,1-2H3,(H,18,19).